The van der Waals surface area contributed by atoms with Gasteiger partial charge in [0.25, 0.3) is 5.91 Å². The van der Waals surface area contributed by atoms with Crippen molar-refractivity contribution >= 4 is 23.3 Å². The quantitative estimate of drug-likeness (QED) is 0.564. The maximum atomic E-state index is 14.0. The van der Waals surface area contributed by atoms with Gasteiger partial charge < -0.3 is 24.2 Å². The second-order valence-corrected chi connectivity index (χ2v) is 9.34. The first-order valence-electron chi connectivity index (χ1n) is 12.5. The molecule has 6 rings (SSSR count). The van der Waals surface area contributed by atoms with Gasteiger partial charge in [-0.15, -0.1) is 0 Å². The standard InChI is InChI=1S/C29H25N3O6/c30-17-19-15-20(6-7-23(19)31-9-11-36-12-10-31)32-27(18-5-8-24-25(16-18)38-14-13-37-24)26(29(34)35)21-3-1-2-4-22(21)28(32)33/h1-8,15-16,26-27H,9-14H2,(H,34,35)/t26-,27+/m0/s1. The first-order valence-corrected chi connectivity index (χ1v) is 12.5. The zero-order valence-electron chi connectivity index (χ0n) is 20.5. The summed E-state index contributed by atoms with van der Waals surface area (Å²) in [6.07, 6.45) is 0. The highest BCUT2D eigenvalue weighted by molar-refractivity contribution is 6.11. The van der Waals surface area contributed by atoms with Crippen molar-refractivity contribution in [3.05, 3.63) is 82.9 Å². The molecule has 0 radical (unpaired) electrons. The third kappa shape index (κ3) is 3.99. The highest BCUT2D eigenvalue weighted by atomic mass is 16.6. The molecule has 1 saturated heterocycles. The largest absolute Gasteiger partial charge is 0.486 e. The average molecular weight is 512 g/mol. The van der Waals surface area contributed by atoms with Gasteiger partial charge in [0.05, 0.1) is 30.5 Å². The number of hydrogen-bond donors (Lipinski definition) is 1. The molecule has 0 bridgehead atoms. The fraction of sp³-hybridized carbons (Fsp3) is 0.276. The minimum Gasteiger partial charge on any atom is -0.486 e. The topological polar surface area (TPSA) is 112 Å². The summed E-state index contributed by atoms with van der Waals surface area (Å²) in [4.78, 5) is 30.4. The number of carboxylic acids is 1. The first-order chi connectivity index (χ1) is 18.6. The number of ether oxygens (including phenoxy) is 3. The normalized spacial score (nSPS) is 20.4. The molecule has 3 heterocycles. The Balaban J connectivity index is 1.52. The monoisotopic (exact) mass is 511 g/mol. The Kier molecular flexibility index (Phi) is 6.10. The molecule has 192 valence electrons. The second kappa shape index (κ2) is 9.72. The number of morpholine rings is 1. The fourth-order valence-corrected chi connectivity index (χ4v) is 5.51. The molecule has 3 aromatic rings. The van der Waals surface area contributed by atoms with Crippen LogP contribution < -0.4 is 19.3 Å². The van der Waals surface area contributed by atoms with Gasteiger partial charge in [-0.25, -0.2) is 0 Å². The zero-order valence-corrected chi connectivity index (χ0v) is 20.5. The van der Waals surface area contributed by atoms with Crippen LogP contribution in [-0.2, 0) is 9.53 Å². The van der Waals surface area contributed by atoms with E-state index in [1.165, 1.54) is 4.90 Å². The van der Waals surface area contributed by atoms with E-state index in [2.05, 4.69) is 11.0 Å². The highest BCUT2D eigenvalue weighted by Gasteiger charge is 2.45. The number of fused-ring (bicyclic) bond motifs is 2. The van der Waals surface area contributed by atoms with Crippen LogP contribution in [0, 0.1) is 11.3 Å². The minimum atomic E-state index is -1.06. The lowest BCUT2D eigenvalue weighted by atomic mass is 9.79. The van der Waals surface area contributed by atoms with E-state index in [0.717, 1.165) is 5.69 Å². The van der Waals surface area contributed by atoms with Crippen LogP contribution in [0.2, 0.25) is 0 Å². The molecule has 9 heteroatoms. The molecule has 3 aliphatic heterocycles. The van der Waals surface area contributed by atoms with Gasteiger partial charge in [-0.1, -0.05) is 24.3 Å². The van der Waals surface area contributed by atoms with E-state index in [1.54, 1.807) is 54.6 Å². The summed E-state index contributed by atoms with van der Waals surface area (Å²) in [6.45, 7) is 3.26. The van der Waals surface area contributed by atoms with Crippen LogP contribution in [0.4, 0.5) is 11.4 Å². The number of hydrogen-bond acceptors (Lipinski definition) is 7. The lowest BCUT2D eigenvalue weighted by molar-refractivity contribution is -0.139. The fourth-order valence-electron chi connectivity index (χ4n) is 5.51. The van der Waals surface area contributed by atoms with Crippen molar-refractivity contribution in [3.63, 3.8) is 0 Å². The number of nitriles is 1. The Labute approximate surface area is 219 Å². The lowest BCUT2D eigenvalue weighted by Crippen LogP contribution is -2.45. The summed E-state index contributed by atoms with van der Waals surface area (Å²) >= 11 is 0. The molecular weight excluding hydrogens is 486 g/mol. The van der Waals surface area contributed by atoms with Crippen LogP contribution in [0.3, 0.4) is 0 Å². The summed E-state index contributed by atoms with van der Waals surface area (Å²) in [7, 11) is 0. The summed E-state index contributed by atoms with van der Waals surface area (Å²) in [6, 6.07) is 18.7. The maximum absolute atomic E-state index is 14.0. The number of carbonyl (C=O) groups excluding carboxylic acids is 1. The average Bonchev–Trinajstić information content (AvgIpc) is 2.96. The molecule has 0 saturated carbocycles. The van der Waals surface area contributed by atoms with Gasteiger partial charge in [0.15, 0.2) is 11.5 Å². The van der Waals surface area contributed by atoms with Gasteiger partial charge >= 0.3 is 5.97 Å². The second-order valence-electron chi connectivity index (χ2n) is 9.34. The van der Waals surface area contributed by atoms with Gasteiger partial charge in [0, 0.05) is 24.3 Å². The van der Waals surface area contributed by atoms with Gasteiger partial charge in [-0.3, -0.25) is 14.5 Å². The Morgan fingerprint density at radius 1 is 0.947 bits per heavy atom. The Hall–Kier alpha value is -4.55. The van der Waals surface area contributed by atoms with Crippen LogP contribution in [0.15, 0.2) is 60.7 Å². The molecular formula is C29H25N3O6. The van der Waals surface area contributed by atoms with Gasteiger partial charge in [0.2, 0.25) is 0 Å². The molecule has 1 fully saturated rings. The van der Waals surface area contributed by atoms with E-state index in [9.17, 15) is 20.0 Å². The Morgan fingerprint density at radius 2 is 1.71 bits per heavy atom. The van der Waals surface area contributed by atoms with Crippen molar-refractivity contribution < 1.29 is 28.9 Å². The zero-order chi connectivity index (χ0) is 26.2. The van der Waals surface area contributed by atoms with Gasteiger partial charge in [0.1, 0.15) is 25.2 Å². The van der Waals surface area contributed by atoms with Crippen LogP contribution in [-0.4, -0.2) is 56.5 Å². The molecule has 1 N–H and O–H groups in total. The number of rotatable bonds is 4. The number of anilines is 2. The number of amides is 1. The van der Waals surface area contributed by atoms with Crippen molar-refractivity contribution in [1.82, 2.24) is 0 Å². The van der Waals surface area contributed by atoms with Crippen molar-refractivity contribution in [2.45, 2.75) is 12.0 Å². The van der Waals surface area contributed by atoms with Crippen molar-refractivity contribution in [2.24, 2.45) is 0 Å². The molecule has 0 spiro atoms. The van der Waals surface area contributed by atoms with Crippen LogP contribution >= 0.6 is 0 Å². The third-order valence-corrected chi connectivity index (χ3v) is 7.24. The third-order valence-electron chi connectivity index (χ3n) is 7.24. The van der Waals surface area contributed by atoms with Crippen LogP contribution in [0.25, 0.3) is 0 Å². The van der Waals surface area contributed by atoms with Crippen LogP contribution in [0.5, 0.6) is 11.5 Å². The molecule has 0 unspecified atom stereocenters. The van der Waals surface area contributed by atoms with E-state index in [1.807, 2.05) is 6.07 Å². The molecule has 2 atom stereocenters. The van der Waals surface area contributed by atoms with E-state index >= 15 is 0 Å². The summed E-state index contributed by atoms with van der Waals surface area (Å²) < 4.78 is 16.9. The maximum Gasteiger partial charge on any atom is 0.313 e. The van der Waals surface area contributed by atoms with E-state index in [4.69, 9.17) is 14.2 Å². The Morgan fingerprint density at radius 3 is 2.47 bits per heavy atom. The lowest BCUT2D eigenvalue weighted by Gasteiger charge is -2.41. The SMILES string of the molecule is N#Cc1cc(N2C(=O)c3ccccc3[C@H](C(=O)O)[C@H]2c2ccc3c(c2)OCCO3)ccc1N1CCOCC1. The number of nitrogens with zero attached hydrogens (tertiary/aromatic N) is 3. The number of carboxylic acid groups (broad SMARTS) is 1. The van der Waals surface area contributed by atoms with E-state index in [0.29, 0.717) is 79.0 Å². The Bertz CT molecular complexity index is 1460. The van der Waals surface area contributed by atoms with E-state index < -0.39 is 17.9 Å². The predicted octanol–water partition coefficient (Wildman–Crippen LogP) is 3.74. The smallest absolute Gasteiger partial charge is 0.313 e. The van der Waals surface area contributed by atoms with Crippen molar-refractivity contribution in [2.75, 3.05) is 49.3 Å². The van der Waals surface area contributed by atoms with Crippen molar-refractivity contribution in [3.8, 4) is 17.6 Å². The number of aliphatic carboxylic acids is 1. The minimum absolute atomic E-state index is 0.324. The van der Waals surface area contributed by atoms with Crippen molar-refractivity contribution in [1.29, 1.82) is 5.26 Å². The molecule has 1 amide bonds. The summed E-state index contributed by atoms with van der Waals surface area (Å²) in [5, 5.41) is 20.5. The molecule has 38 heavy (non-hydrogen) atoms. The van der Waals surface area contributed by atoms with Gasteiger partial charge in [-0.05, 0) is 47.5 Å². The molecule has 9 nitrogen and oxygen atoms in total. The van der Waals surface area contributed by atoms with Crippen LogP contribution in [0.1, 0.15) is 39.0 Å². The first kappa shape index (κ1) is 23.8. The molecule has 3 aromatic carbocycles. The molecule has 3 aliphatic rings. The summed E-state index contributed by atoms with van der Waals surface area (Å²) in [5.41, 5.74) is 2.99. The number of benzene rings is 3. The number of carbonyl (C=O) groups is 2. The van der Waals surface area contributed by atoms with E-state index in [-0.39, 0.29) is 5.91 Å². The molecule has 0 aromatic heterocycles. The summed E-state index contributed by atoms with van der Waals surface area (Å²) in [5.74, 6) is -1.36. The predicted molar refractivity (Wildman–Crippen MR) is 138 cm³/mol. The van der Waals surface area contributed by atoms with Gasteiger partial charge in [-0.2, -0.15) is 5.26 Å². The highest BCUT2D eigenvalue weighted by Crippen LogP contribution is 2.47. The molecule has 0 aliphatic carbocycles.